The first-order valence-electron chi connectivity index (χ1n) is 21.6. The summed E-state index contributed by atoms with van der Waals surface area (Å²) >= 11 is 15.9. The number of fused-ring (bicyclic) bond motifs is 4. The summed E-state index contributed by atoms with van der Waals surface area (Å²) in [6.45, 7) is 8.43. The predicted molar refractivity (Wildman–Crippen MR) is 287 cm³/mol. The molecule has 0 radical (unpaired) electrons. The summed E-state index contributed by atoms with van der Waals surface area (Å²) < 4.78 is 5.21. The van der Waals surface area contributed by atoms with Crippen LogP contribution in [0.1, 0.15) is 74.4 Å². The monoisotopic (exact) mass is 1210 g/mol. The minimum atomic E-state index is -0.490. The Kier molecular flexibility index (Phi) is 18.1. The molecule has 0 fully saturated rings. The third kappa shape index (κ3) is 11.9. The van der Waals surface area contributed by atoms with Crippen molar-refractivity contribution in [3.63, 3.8) is 0 Å². The number of phenols is 1. The van der Waals surface area contributed by atoms with Crippen LogP contribution in [0.5, 0.6) is 23.0 Å². The van der Waals surface area contributed by atoms with E-state index in [2.05, 4.69) is 30.2 Å². The molecule has 0 aliphatic rings. The number of halogens is 4. The van der Waals surface area contributed by atoms with Gasteiger partial charge in [-0.2, -0.15) is 0 Å². The number of nitrogens with zero attached hydrogens (tertiary/aromatic N) is 8. The third-order valence-corrected chi connectivity index (χ3v) is 12.7. The van der Waals surface area contributed by atoms with E-state index in [1.165, 1.54) is 43.9 Å². The topological polar surface area (TPSA) is 239 Å². The van der Waals surface area contributed by atoms with Crippen LogP contribution in [0.4, 0.5) is 0 Å². The first-order chi connectivity index (χ1) is 33.5. The highest BCUT2D eigenvalue weighted by molar-refractivity contribution is 14.1. The van der Waals surface area contributed by atoms with Crippen LogP contribution in [0.25, 0.3) is 39.2 Å². The van der Waals surface area contributed by atoms with E-state index in [-0.39, 0.29) is 56.3 Å². The Morgan fingerprint density at radius 2 is 1.33 bits per heavy atom. The Labute approximate surface area is 436 Å². The summed E-state index contributed by atoms with van der Waals surface area (Å²) in [5, 5.41) is 43.1. The SMILES string of the molecule is CC(C)c1cnc2c(O)cccn2c1=O.CCCCNC(=O)c1cnc2c(O)c(I)ccn2c1=O.CCCc1cnc2c(O)c(I)ccn2c1=O.Oc1c(Cl)cc(Cl)c2ccc(-c3ccccn3)nc12. The lowest BCUT2D eigenvalue weighted by Crippen LogP contribution is -2.32. The minimum Gasteiger partial charge on any atom is -0.504 e. The van der Waals surface area contributed by atoms with Gasteiger partial charge in [-0.3, -0.25) is 37.4 Å². The van der Waals surface area contributed by atoms with Crippen LogP contribution >= 0.6 is 68.4 Å². The van der Waals surface area contributed by atoms with Crippen molar-refractivity contribution in [2.45, 2.75) is 59.3 Å². The molecule has 362 valence electrons. The molecule has 21 heteroatoms. The predicted octanol–water partition coefficient (Wildman–Crippen LogP) is 9.32. The zero-order chi connectivity index (χ0) is 50.8. The number of pyridine rings is 5. The standard InChI is InChI=1S/C14H8Cl2N2O.C13H14IN3O3.C11H11IN2O2.C11H12N2O2/c15-9-7-10(16)14(19)13-8(9)4-5-12(18-13)11-3-1-2-6-17-11;1-2-3-5-15-12(19)8-7-16-11-10(18)9(14)4-6-17(11)13(8)20;1-2-3-7-6-13-10-9(15)8(12)4-5-14(10)11(7)16;1-7(2)8-6-12-10-9(14)4-3-5-13(10)11(8)15/h1-7,19H;4,6-7,18H,2-3,5H2,1H3,(H,15,19);4-6,15H,2-3H2,1H3;3-7,14H,1-2H3. The molecule has 0 saturated carbocycles. The number of carbonyl (C=O) groups is 1. The third-order valence-electron chi connectivity index (χ3n) is 10.4. The van der Waals surface area contributed by atoms with Gasteiger partial charge in [0.1, 0.15) is 11.1 Å². The largest absolute Gasteiger partial charge is 0.504 e. The molecule has 1 amide bonds. The van der Waals surface area contributed by atoms with Crippen molar-refractivity contribution >= 4 is 102 Å². The van der Waals surface area contributed by atoms with Gasteiger partial charge in [0.05, 0.1) is 28.6 Å². The van der Waals surface area contributed by atoms with Gasteiger partial charge in [-0.15, -0.1) is 0 Å². The first kappa shape index (κ1) is 52.9. The van der Waals surface area contributed by atoms with Crippen molar-refractivity contribution in [3.8, 4) is 34.4 Å². The van der Waals surface area contributed by atoms with Crippen LogP contribution in [0.15, 0.2) is 118 Å². The highest BCUT2D eigenvalue weighted by Crippen LogP contribution is 2.37. The number of nitrogens with one attached hydrogen (secondary N) is 1. The molecular formula is C49H45Cl2I2N9O8. The summed E-state index contributed by atoms with van der Waals surface area (Å²) in [6.07, 6.45) is 14.1. The second-order valence-electron chi connectivity index (χ2n) is 15.6. The van der Waals surface area contributed by atoms with Gasteiger partial charge in [0.2, 0.25) is 0 Å². The van der Waals surface area contributed by atoms with Crippen molar-refractivity contribution in [3.05, 3.63) is 169 Å². The lowest BCUT2D eigenvalue weighted by molar-refractivity contribution is 0.0951. The molecule has 0 saturated heterocycles. The van der Waals surface area contributed by atoms with Crippen LogP contribution in [0.2, 0.25) is 10.0 Å². The average Bonchev–Trinajstić information content (AvgIpc) is 3.35. The zero-order valence-corrected chi connectivity index (χ0v) is 43.8. The number of benzene rings is 1. The number of aromatic nitrogens is 8. The number of rotatable bonds is 8. The van der Waals surface area contributed by atoms with Crippen LogP contribution in [0, 0.1) is 7.14 Å². The highest BCUT2D eigenvalue weighted by Gasteiger charge is 2.16. The number of carbonyl (C=O) groups excluding carboxylic acids is 1. The van der Waals surface area contributed by atoms with Crippen LogP contribution in [-0.4, -0.2) is 71.0 Å². The van der Waals surface area contributed by atoms with E-state index in [4.69, 9.17) is 23.2 Å². The van der Waals surface area contributed by atoms with Crippen molar-refractivity contribution in [2.75, 3.05) is 6.54 Å². The lowest BCUT2D eigenvalue weighted by atomic mass is 10.1. The highest BCUT2D eigenvalue weighted by atomic mass is 127. The molecule has 0 spiro atoms. The van der Waals surface area contributed by atoms with Gasteiger partial charge in [-0.1, -0.05) is 69.8 Å². The van der Waals surface area contributed by atoms with E-state index in [1.54, 1.807) is 49.1 Å². The summed E-state index contributed by atoms with van der Waals surface area (Å²) in [6, 6.07) is 17.1. The fourth-order valence-corrected chi connectivity index (χ4v) is 8.01. The van der Waals surface area contributed by atoms with Crippen molar-refractivity contribution in [1.29, 1.82) is 0 Å². The Morgan fingerprint density at radius 3 is 1.96 bits per heavy atom. The number of aromatic hydroxyl groups is 4. The van der Waals surface area contributed by atoms with Gasteiger partial charge < -0.3 is 25.7 Å². The van der Waals surface area contributed by atoms with Crippen molar-refractivity contribution in [2.24, 2.45) is 0 Å². The van der Waals surface area contributed by atoms with E-state index in [1.807, 2.05) is 97.1 Å². The summed E-state index contributed by atoms with van der Waals surface area (Å²) in [5.41, 5.74) is 3.11. The molecule has 0 unspecified atom stereocenters. The van der Waals surface area contributed by atoms with Gasteiger partial charge in [0, 0.05) is 66.4 Å². The lowest BCUT2D eigenvalue weighted by Gasteiger charge is -2.07. The molecule has 8 heterocycles. The number of unbranched alkanes of at least 4 members (excludes halogenated alkanes) is 1. The number of aryl methyl sites for hydroxylation is 1. The Balaban J connectivity index is 0.000000154. The number of hydrogen-bond acceptors (Lipinski definition) is 13. The summed E-state index contributed by atoms with van der Waals surface area (Å²) in [4.78, 5) is 68.9. The fourth-order valence-electron chi connectivity index (χ4n) is 6.69. The molecule has 0 atom stereocenters. The maximum Gasteiger partial charge on any atom is 0.270 e. The van der Waals surface area contributed by atoms with Crippen LogP contribution < -0.4 is 22.0 Å². The van der Waals surface area contributed by atoms with E-state index in [0.717, 1.165) is 25.0 Å². The van der Waals surface area contributed by atoms with Crippen LogP contribution in [-0.2, 0) is 6.42 Å². The molecule has 0 aliphatic carbocycles. The van der Waals surface area contributed by atoms with E-state index in [0.29, 0.717) is 64.1 Å². The molecule has 0 aliphatic heterocycles. The molecule has 17 nitrogen and oxygen atoms in total. The second kappa shape index (κ2) is 23.9. The minimum absolute atomic E-state index is 0.0184. The molecule has 9 rings (SSSR count). The van der Waals surface area contributed by atoms with E-state index < -0.39 is 11.5 Å². The smallest absolute Gasteiger partial charge is 0.270 e. The zero-order valence-electron chi connectivity index (χ0n) is 37.9. The summed E-state index contributed by atoms with van der Waals surface area (Å²) in [5.74, 6) is -0.372. The molecule has 70 heavy (non-hydrogen) atoms. The molecule has 8 aromatic heterocycles. The van der Waals surface area contributed by atoms with Gasteiger partial charge >= 0.3 is 0 Å². The molecule has 1 aromatic carbocycles. The van der Waals surface area contributed by atoms with Crippen molar-refractivity contribution in [1.82, 2.24) is 43.4 Å². The van der Waals surface area contributed by atoms with Gasteiger partial charge in [0.25, 0.3) is 22.6 Å². The quantitative estimate of drug-likeness (QED) is 0.0705. The number of amides is 1. The first-order valence-corrected chi connectivity index (χ1v) is 24.5. The average molecular weight is 1210 g/mol. The molecule has 9 aromatic rings. The van der Waals surface area contributed by atoms with Gasteiger partial charge in [0.15, 0.2) is 39.9 Å². The number of hydrogen-bond donors (Lipinski definition) is 5. The van der Waals surface area contributed by atoms with Crippen molar-refractivity contribution < 1.29 is 25.2 Å². The van der Waals surface area contributed by atoms with Gasteiger partial charge in [-0.05, 0) is 119 Å². The molecule has 0 bridgehead atoms. The molecular weight excluding hydrogens is 1170 g/mol. The maximum absolute atomic E-state index is 12.2. The molecule has 5 N–H and O–H groups in total. The van der Waals surface area contributed by atoms with E-state index in [9.17, 15) is 39.6 Å². The van der Waals surface area contributed by atoms with Gasteiger partial charge in [-0.25, -0.2) is 19.9 Å². The Hall–Kier alpha value is -6.43. The summed E-state index contributed by atoms with van der Waals surface area (Å²) in [7, 11) is 0. The fraction of sp³-hybridized carbons (Fsp3) is 0.204. The maximum atomic E-state index is 12.2. The number of phenolic OH excluding ortho intramolecular Hbond substituents is 1. The Morgan fingerprint density at radius 1 is 0.686 bits per heavy atom. The second-order valence-corrected chi connectivity index (χ2v) is 18.7. The van der Waals surface area contributed by atoms with E-state index >= 15 is 0 Å². The van der Waals surface area contributed by atoms with Crippen LogP contribution in [0.3, 0.4) is 0 Å². The normalized spacial score (nSPS) is 10.9. The Bertz CT molecular complexity index is 3560.